The molecule has 3 aromatic rings. The molecule has 0 saturated carbocycles. The van der Waals surface area contributed by atoms with Gasteiger partial charge in [-0.25, -0.2) is 4.68 Å². The largest absolute Gasteiger partial charge is 0.328 e. The summed E-state index contributed by atoms with van der Waals surface area (Å²) in [6.45, 7) is 5.87. The zero-order chi connectivity index (χ0) is 13.4. The molecule has 0 amide bonds. The minimum absolute atomic E-state index is 0.785. The highest BCUT2D eigenvalue weighted by Crippen LogP contribution is 2.19. The van der Waals surface area contributed by atoms with Gasteiger partial charge in [0.15, 0.2) is 10.4 Å². The second kappa shape index (κ2) is 4.94. The zero-order valence-electron chi connectivity index (χ0n) is 11.0. The first kappa shape index (κ1) is 12.6. The van der Waals surface area contributed by atoms with E-state index < -0.39 is 0 Å². The van der Waals surface area contributed by atoms with Gasteiger partial charge in [-0.15, -0.1) is 0 Å². The van der Waals surface area contributed by atoms with Crippen LogP contribution in [0.1, 0.15) is 18.2 Å². The second-order valence-corrected chi connectivity index (χ2v) is 5.73. The lowest BCUT2D eigenvalue weighted by Crippen LogP contribution is -2.06. The first-order chi connectivity index (χ1) is 9.20. The maximum absolute atomic E-state index is 5.44. The molecule has 0 bridgehead atoms. The molecule has 0 atom stereocenters. The van der Waals surface area contributed by atoms with Crippen molar-refractivity contribution in [3.05, 3.63) is 32.9 Å². The smallest absolute Gasteiger partial charge is 0.179 e. The van der Waals surface area contributed by atoms with Gasteiger partial charge in [-0.3, -0.25) is 0 Å². The number of imidazole rings is 1. The number of aromatic nitrogens is 4. The van der Waals surface area contributed by atoms with Crippen molar-refractivity contribution in [3.8, 4) is 0 Å². The zero-order valence-corrected chi connectivity index (χ0v) is 12.6. The Bertz CT molecular complexity index is 746. The highest BCUT2D eigenvalue weighted by atomic mass is 32.1. The summed E-state index contributed by atoms with van der Waals surface area (Å²) >= 11 is 7.17. The van der Waals surface area contributed by atoms with Crippen LogP contribution >= 0.6 is 23.6 Å². The van der Waals surface area contributed by atoms with E-state index in [0.717, 1.165) is 41.1 Å². The van der Waals surface area contributed by atoms with E-state index in [1.807, 2.05) is 11.6 Å². The van der Waals surface area contributed by atoms with Gasteiger partial charge in [0.05, 0.1) is 5.69 Å². The molecule has 0 aliphatic carbocycles. The molecule has 0 aromatic carbocycles. The van der Waals surface area contributed by atoms with Gasteiger partial charge in [-0.1, -0.05) is 0 Å². The van der Waals surface area contributed by atoms with Crippen LogP contribution < -0.4 is 0 Å². The van der Waals surface area contributed by atoms with Crippen LogP contribution in [-0.4, -0.2) is 19.3 Å². The van der Waals surface area contributed by atoms with Gasteiger partial charge in [0.25, 0.3) is 0 Å². The van der Waals surface area contributed by atoms with Crippen molar-refractivity contribution in [1.29, 1.82) is 0 Å². The van der Waals surface area contributed by atoms with E-state index in [4.69, 9.17) is 12.2 Å². The van der Waals surface area contributed by atoms with Gasteiger partial charge in [-0.05, 0) is 54.9 Å². The van der Waals surface area contributed by atoms with Crippen molar-refractivity contribution in [2.24, 2.45) is 0 Å². The highest BCUT2D eigenvalue weighted by Gasteiger charge is 2.13. The van der Waals surface area contributed by atoms with Crippen LogP contribution in [0.3, 0.4) is 0 Å². The number of nitrogens with zero attached hydrogens (tertiary/aromatic N) is 3. The van der Waals surface area contributed by atoms with E-state index in [2.05, 4.69) is 38.4 Å². The van der Waals surface area contributed by atoms with Gasteiger partial charge in [0, 0.05) is 13.1 Å². The number of aromatic amines is 1. The third-order valence-corrected chi connectivity index (χ3v) is 4.39. The first-order valence-corrected chi connectivity index (χ1v) is 7.72. The minimum Gasteiger partial charge on any atom is -0.328 e. The van der Waals surface area contributed by atoms with Crippen LogP contribution in [-0.2, 0) is 19.5 Å². The Labute approximate surface area is 120 Å². The number of nitrogens with one attached hydrogen (secondary N) is 1. The number of aryl methyl sites for hydroxylation is 4. The van der Waals surface area contributed by atoms with Crippen LogP contribution in [0.25, 0.3) is 11.2 Å². The normalized spacial score (nSPS) is 11.5. The molecule has 1 N–H and O–H groups in total. The number of rotatable bonds is 4. The number of hydrogen-bond acceptors (Lipinski definition) is 3. The number of H-pyrrole nitrogens is 1. The van der Waals surface area contributed by atoms with Crippen molar-refractivity contribution < 1.29 is 0 Å². The molecule has 3 heterocycles. The van der Waals surface area contributed by atoms with E-state index in [-0.39, 0.29) is 0 Å². The van der Waals surface area contributed by atoms with Crippen molar-refractivity contribution in [2.75, 3.05) is 0 Å². The molecule has 4 nitrogen and oxygen atoms in total. The summed E-state index contributed by atoms with van der Waals surface area (Å²) < 4.78 is 4.96. The predicted octanol–water partition coefficient (Wildman–Crippen LogP) is 3.53. The summed E-state index contributed by atoms with van der Waals surface area (Å²) in [5, 5.41) is 8.84. The Kier molecular flexibility index (Phi) is 3.28. The molecule has 19 heavy (non-hydrogen) atoms. The molecule has 3 aromatic heterocycles. The Balaban J connectivity index is 2.02. The lowest BCUT2D eigenvalue weighted by Gasteiger charge is -2.05. The van der Waals surface area contributed by atoms with Crippen molar-refractivity contribution in [3.63, 3.8) is 0 Å². The SMILES string of the molecule is CCn1nc(C)c2[nH]c(=S)n(CCc3ccsc3)c21. The van der Waals surface area contributed by atoms with Crippen molar-refractivity contribution in [2.45, 2.75) is 33.4 Å². The summed E-state index contributed by atoms with van der Waals surface area (Å²) in [5.41, 5.74) is 4.55. The molecule has 0 unspecified atom stereocenters. The van der Waals surface area contributed by atoms with E-state index >= 15 is 0 Å². The summed E-state index contributed by atoms with van der Waals surface area (Å²) in [6, 6.07) is 2.17. The van der Waals surface area contributed by atoms with Gasteiger partial charge >= 0.3 is 0 Å². The third kappa shape index (κ3) is 2.15. The van der Waals surface area contributed by atoms with Gasteiger partial charge in [-0.2, -0.15) is 16.4 Å². The lowest BCUT2D eigenvalue weighted by molar-refractivity contribution is 0.623. The third-order valence-electron chi connectivity index (χ3n) is 3.34. The van der Waals surface area contributed by atoms with Crippen molar-refractivity contribution >= 4 is 34.7 Å². The van der Waals surface area contributed by atoms with Gasteiger partial charge in [0.1, 0.15) is 5.52 Å². The molecule has 0 aliphatic heterocycles. The van der Waals surface area contributed by atoms with E-state index in [1.165, 1.54) is 5.56 Å². The van der Waals surface area contributed by atoms with Crippen LogP contribution in [0.5, 0.6) is 0 Å². The lowest BCUT2D eigenvalue weighted by atomic mass is 10.2. The summed E-state index contributed by atoms with van der Waals surface area (Å²) in [5.74, 6) is 0. The average molecular weight is 292 g/mol. The van der Waals surface area contributed by atoms with Crippen LogP contribution in [0.15, 0.2) is 16.8 Å². The molecule has 0 spiro atoms. The number of thiophene rings is 1. The second-order valence-electron chi connectivity index (χ2n) is 4.56. The van der Waals surface area contributed by atoms with Crippen LogP contribution in [0.4, 0.5) is 0 Å². The molecule has 0 saturated heterocycles. The molecular weight excluding hydrogens is 276 g/mol. The summed E-state index contributed by atoms with van der Waals surface area (Å²) in [4.78, 5) is 3.28. The fourth-order valence-electron chi connectivity index (χ4n) is 2.36. The summed E-state index contributed by atoms with van der Waals surface area (Å²) in [7, 11) is 0. The monoisotopic (exact) mass is 292 g/mol. The average Bonchev–Trinajstić information content (AvgIpc) is 3.06. The fraction of sp³-hybridized carbons (Fsp3) is 0.385. The van der Waals surface area contributed by atoms with E-state index in [0.29, 0.717) is 0 Å². The van der Waals surface area contributed by atoms with Gasteiger partial charge < -0.3 is 9.55 Å². The van der Waals surface area contributed by atoms with Gasteiger partial charge in [0.2, 0.25) is 0 Å². The molecule has 3 rings (SSSR count). The fourth-order valence-corrected chi connectivity index (χ4v) is 3.35. The highest BCUT2D eigenvalue weighted by molar-refractivity contribution is 7.71. The van der Waals surface area contributed by atoms with Crippen LogP contribution in [0.2, 0.25) is 0 Å². The number of fused-ring (bicyclic) bond motifs is 1. The Morgan fingerprint density at radius 1 is 1.47 bits per heavy atom. The molecule has 0 fully saturated rings. The molecule has 0 aliphatic rings. The Hall–Kier alpha value is -1.40. The minimum atomic E-state index is 0.785. The molecule has 0 radical (unpaired) electrons. The molecule has 100 valence electrons. The molecule has 6 heteroatoms. The first-order valence-electron chi connectivity index (χ1n) is 6.37. The number of hydrogen-bond donors (Lipinski definition) is 1. The Morgan fingerprint density at radius 3 is 3.00 bits per heavy atom. The maximum atomic E-state index is 5.44. The van der Waals surface area contributed by atoms with Crippen LogP contribution in [0, 0.1) is 11.7 Å². The molecular formula is C13H16N4S2. The van der Waals surface area contributed by atoms with E-state index in [1.54, 1.807) is 11.3 Å². The van der Waals surface area contributed by atoms with E-state index in [9.17, 15) is 0 Å². The topological polar surface area (TPSA) is 38.5 Å². The van der Waals surface area contributed by atoms with Crippen molar-refractivity contribution in [1.82, 2.24) is 19.3 Å². The summed E-state index contributed by atoms with van der Waals surface area (Å²) in [6.07, 6.45) is 0.999. The maximum Gasteiger partial charge on any atom is 0.179 e. The predicted molar refractivity (Wildman–Crippen MR) is 81.3 cm³/mol. The Morgan fingerprint density at radius 2 is 2.32 bits per heavy atom. The standard InChI is InChI=1S/C13H16N4S2/c1-3-17-12-11(9(2)15-17)14-13(18)16(12)6-4-10-5-7-19-8-10/h5,7-8H,3-4,6H2,1-2H3,(H,14,18). The quantitative estimate of drug-likeness (QED) is 0.747.